The quantitative estimate of drug-likeness (QED) is 0.0622. The highest BCUT2D eigenvalue weighted by Gasteiger charge is 2.25. The molecule has 5 rings (SSSR count). The zero-order chi connectivity index (χ0) is 36.2. The number of fused-ring (bicyclic) bond motifs is 1. The molecule has 51 heavy (non-hydrogen) atoms. The maximum Gasteiger partial charge on any atom is 0.161 e. The fourth-order valence-electron chi connectivity index (χ4n) is 6.70. The number of carbonyl (C=O) groups is 1. The number of aliphatic hydroxyl groups excluding tert-OH is 3. The summed E-state index contributed by atoms with van der Waals surface area (Å²) in [4.78, 5) is 13.0. The van der Waals surface area contributed by atoms with Gasteiger partial charge >= 0.3 is 0 Å². The van der Waals surface area contributed by atoms with Crippen molar-refractivity contribution in [2.75, 3.05) is 19.0 Å². The average molecular weight is 694 g/mol. The average Bonchev–Trinajstić information content (AvgIpc) is 3.11. The number of phenols is 1. The summed E-state index contributed by atoms with van der Waals surface area (Å²) in [6.45, 7) is 2.61. The Labute approximate surface area is 301 Å². The summed E-state index contributed by atoms with van der Waals surface area (Å²) >= 11 is 0. The van der Waals surface area contributed by atoms with Crippen LogP contribution in [0.4, 0.5) is 5.69 Å². The Morgan fingerprint density at radius 1 is 0.843 bits per heavy atom. The van der Waals surface area contributed by atoms with Gasteiger partial charge in [-0.15, -0.1) is 0 Å². The molecule has 0 saturated carbocycles. The van der Waals surface area contributed by atoms with E-state index in [4.69, 9.17) is 9.47 Å². The molecule has 8 heteroatoms. The maximum absolute atomic E-state index is 13.0. The van der Waals surface area contributed by atoms with Crippen molar-refractivity contribution >= 4 is 22.2 Å². The van der Waals surface area contributed by atoms with Gasteiger partial charge in [0.1, 0.15) is 23.9 Å². The van der Waals surface area contributed by atoms with Crippen molar-refractivity contribution in [2.24, 2.45) is 11.8 Å². The lowest BCUT2D eigenvalue weighted by molar-refractivity contribution is -0.121. The number of hydrogen-bond donors (Lipinski definition) is 5. The topological polar surface area (TPSA) is 128 Å². The summed E-state index contributed by atoms with van der Waals surface area (Å²) in [5, 5.41) is 45.7. The van der Waals surface area contributed by atoms with Crippen molar-refractivity contribution in [1.82, 2.24) is 0 Å². The van der Waals surface area contributed by atoms with Gasteiger partial charge in [0.15, 0.2) is 11.5 Å². The Morgan fingerprint density at radius 2 is 1.63 bits per heavy atom. The Hall–Kier alpha value is -4.79. The van der Waals surface area contributed by atoms with Gasteiger partial charge in [-0.3, -0.25) is 4.79 Å². The molecule has 4 atom stereocenters. The van der Waals surface area contributed by atoms with E-state index in [1.165, 1.54) is 5.56 Å². The lowest BCUT2D eigenvalue weighted by atomic mass is 9.80. The van der Waals surface area contributed by atoms with Gasteiger partial charge in [-0.1, -0.05) is 48.9 Å². The number of benzene rings is 4. The number of aryl methyl sites for hydroxylation is 2. The molecule has 4 aromatic rings. The van der Waals surface area contributed by atoms with Crippen LogP contribution in [0.5, 0.6) is 17.2 Å². The number of hydrogen-bond acceptors (Lipinski definition) is 8. The van der Waals surface area contributed by atoms with E-state index in [9.17, 15) is 25.2 Å². The Bertz CT molecular complexity index is 1810. The molecule has 0 bridgehead atoms. The van der Waals surface area contributed by atoms with E-state index < -0.39 is 12.2 Å². The van der Waals surface area contributed by atoms with Crippen LogP contribution in [-0.2, 0) is 24.2 Å². The third kappa shape index (κ3) is 11.6. The number of methoxy groups -OCH3 is 1. The van der Waals surface area contributed by atoms with E-state index in [0.29, 0.717) is 43.9 Å². The summed E-state index contributed by atoms with van der Waals surface area (Å²) < 4.78 is 11.7. The van der Waals surface area contributed by atoms with Gasteiger partial charge in [-0.05, 0) is 133 Å². The van der Waals surface area contributed by atoms with Crippen LogP contribution in [0.2, 0.25) is 0 Å². The summed E-state index contributed by atoms with van der Waals surface area (Å²) in [6, 6.07) is 25.2. The van der Waals surface area contributed by atoms with Crippen molar-refractivity contribution in [3.63, 3.8) is 0 Å². The van der Waals surface area contributed by atoms with E-state index in [1.807, 2.05) is 66.7 Å². The first-order valence-electron chi connectivity index (χ1n) is 18.0. The standard InChI is InChI=1S/C43H51NO7/c1-29(45)27-44-37-9-5-7-30(21-37)6-3-4-8-33-14-17-39(47)24-36(33)25-41(49)26-40(48)16-11-31-12-19-42(50-2)43(22-31)51-28-32-10-13-35-23-38(46)18-15-34(35)20-32/h5,7,9-10,12-15,17-24,29,33,36,41,44-47,49H,3-4,6,8,11,16,25-28H2,1-2H3/t29-,33-,36+,41-/m0/s1. The SMILES string of the molecule is COc1ccc(CCC(=O)C[C@@H](O)C[C@H]2C=C(O)C=C[C@@H]2CCCCc2cccc(NC[C@H](C)O)c2)cc1OCc1ccc2cc(O)ccc2c1. The monoisotopic (exact) mass is 693 g/mol. The summed E-state index contributed by atoms with van der Waals surface area (Å²) in [7, 11) is 1.59. The van der Waals surface area contributed by atoms with Crippen molar-refractivity contribution in [3.8, 4) is 17.2 Å². The van der Waals surface area contributed by atoms with E-state index >= 15 is 0 Å². The number of anilines is 1. The van der Waals surface area contributed by atoms with Gasteiger partial charge in [0.2, 0.25) is 0 Å². The number of allylic oxidation sites excluding steroid dienone is 3. The van der Waals surface area contributed by atoms with Gasteiger partial charge in [0.05, 0.1) is 19.3 Å². The van der Waals surface area contributed by atoms with Crippen LogP contribution >= 0.6 is 0 Å². The number of ether oxygens (including phenoxy) is 2. The molecule has 0 unspecified atom stereocenters. The Kier molecular flexibility index (Phi) is 13.6. The minimum Gasteiger partial charge on any atom is -0.508 e. The molecule has 5 N–H and O–H groups in total. The molecular formula is C43H51NO7. The van der Waals surface area contributed by atoms with Crippen LogP contribution in [0.15, 0.2) is 103 Å². The zero-order valence-electron chi connectivity index (χ0n) is 29.6. The molecule has 8 nitrogen and oxygen atoms in total. The molecule has 0 radical (unpaired) electrons. The predicted molar refractivity (Wildman–Crippen MR) is 203 cm³/mol. The molecule has 0 amide bonds. The second-order valence-electron chi connectivity index (χ2n) is 13.7. The third-order valence-corrected chi connectivity index (χ3v) is 9.44. The number of phenolic OH excluding ortho intramolecular Hbond substituents is 1. The van der Waals surface area contributed by atoms with Crippen LogP contribution < -0.4 is 14.8 Å². The number of carbonyl (C=O) groups excluding carboxylic acids is 1. The van der Waals surface area contributed by atoms with Crippen molar-refractivity contribution < 1.29 is 34.7 Å². The zero-order valence-corrected chi connectivity index (χ0v) is 29.6. The number of aliphatic hydroxyl groups is 3. The number of Topliss-reactive ketones (excluding diaryl/α,β-unsaturated/α-hetero) is 1. The fraction of sp³-hybridized carbons (Fsp3) is 0.372. The highest BCUT2D eigenvalue weighted by atomic mass is 16.5. The molecule has 0 heterocycles. The number of aromatic hydroxyl groups is 1. The van der Waals surface area contributed by atoms with Crippen LogP contribution in [0.25, 0.3) is 10.8 Å². The molecular weight excluding hydrogens is 642 g/mol. The first-order valence-corrected chi connectivity index (χ1v) is 18.0. The van der Waals surface area contributed by atoms with Crippen molar-refractivity contribution in [1.29, 1.82) is 0 Å². The second-order valence-corrected chi connectivity index (χ2v) is 13.7. The molecule has 0 saturated heterocycles. The van der Waals surface area contributed by atoms with Crippen LogP contribution in [-0.4, -0.2) is 52.1 Å². The highest BCUT2D eigenvalue weighted by Crippen LogP contribution is 2.32. The normalized spacial score (nSPS) is 16.7. The number of ketones is 1. The van der Waals surface area contributed by atoms with Gasteiger partial charge in [-0.2, -0.15) is 0 Å². The van der Waals surface area contributed by atoms with Crippen LogP contribution in [0, 0.1) is 11.8 Å². The Morgan fingerprint density at radius 3 is 2.45 bits per heavy atom. The van der Waals surface area contributed by atoms with Crippen molar-refractivity contribution in [3.05, 3.63) is 120 Å². The highest BCUT2D eigenvalue weighted by molar-refractivity contribution is 5.84. The number of unbranched alkanes of at least 4 members (excludes halogenated alkanes) is 1. The number of nitrogens with one attached hydrogen (secondary N) is 1. The predicted octanol–water partition coefficient (Wildman–Crippen LogP) is 8.23. The molecule has 1 aliphatic carbocycles. The molecule has 1 aliphatic rings. The molecule has 0 aromatic heterocycles. The number of rotatable bonds is 19. The first kappa shape index (κ1) is 37.5. The lowest BCUT2D eigenvalue weighted by Gasteiger charge is -2.27. The summed E-state index contributed by atoms with van der Waals surface area (Å²) in [5.74, 6) is 1.77. The van der Waals surface area contributed by atoms with E-state index in [0.717, 1.165) is 53.3 Å². The van der Waals surface area contributed by atoms with Gasteiger partial charge in [-0.25, -0.2) is 0 Å². The van der Waals surface area contributed by atoms with Crippen molar-refractivity contribution in [2.45, 2.75) is 77.1 Å². The Balaban J connectivity index is 1.07. The van der Waals surface area contributed by atoms with E-state index in [2.05, 4.69) is 17.4 Å². The largest absolute Gasteiger partial charge is 0.508 e. The van der Waals surface area contributed by atoms with E-state index in [-0.39, 0.29) is 35.5 Å². The molecule has 0 spiro atoms. The van der Waals surface area contributed by atoms with Crippen LogP contribution in [0.3, 0.4) is 0 Å². The molecule has 270 valence electrons. The first-order chi connectivity index (χ1) is 24.6. The van der Waals surface area contributed by atoms with Gasteiger partial charge in [0, 0.05) is 25.1 Å². The lowest BCUT2D eigenvalue weighted by Crippen LogP contribution is -2.23. The smallest absolute Gasteiger partial charge is 0.161 e. The maximum atomic E-state index is 13.0. The van der Waals surface area contributed by atoms with Gasteiger partial charge < -0.3 is 35.2 Å². The summed E-state index contributed by atoms with van der Waals surface area (Å²) in [6.07, 6.45) is 9.57. The molecule has 0 aliphatic heterocycles. The minimum atomic E-state index is -0.793. The fourth-order valence-corrected chi connectivity index (χ4v) is 6.70. The van der Waals surface area contributed by atoms with E-state index in [1.54, 1.807) is 32.2 Å². The minimum absolute atomic E-state index is 0.00995. The second kappa shape index (κ2) is 18.4. The summed E-state index contributed by atoms with van der Waals surface area (Å²) in [5.41, 5.74) is 4.17. The molecule has 0 fully saturated rings. The molecule has 4 aromatic carbocycles. The van der Waals surface area contributed by atoms with Gasteiger partial charge in [0.25, 0.3) is 0 Å². The third-order valence-electron chi connectivity index (χ3n) is 9.44. The van der Waals surface area contributed by atoms with Crippen LogP contribution in [0.1, 0.15) is 62.1 Å².